The molecule has 2 heterocycles. The first-order valence-corrected chi connectivity index (χ1v) is 15.3. The Labute approximate surface area is 254 Å². The molecule has 0 saturated carbocycles. The van der Waals surface area contributed by atoms with Crippen LogP contribution in [0, 0.1) is 22.7 Å². The Balaban J connectivity index is 1.64. The van der Waals surface area contributed by atoms with E-state index in [1.54, 1.807) is 18.2 Å². The zero-order valence-corrected chi connectivity index (χ0v) is 25.1. The summed E-state index contributed by atoms with van der Waals surface area (Å²) in [5.41, 5.74) is 2.43. The van der Waals surface area contributed by atoms with Crippen LogP contribution in [-0.2, 0) is 0 Å². The molecule has 0 saturated heterocycles. The van der Waals surface area contributed by atoms with Crippen molar-refractivity contribution in [1.29, 1.82) is 10.5 Å². The van der Waals surface area contributed by atoms with Crippen molar-refractivity contribution in [1.82, 2.24) is 9.80 Å². The molecule has 0 radical (unpaired) electrons. The third-order valence-corrected chi connectivity index (χ3v) is 9.78. The highest BCUT2D eigenvalue weighted by Gasteiger charge is 2.40. The van der Waals surface area contributed by atoms with E-state index in [0.717, 1.165) is 19.3 Å². The lowest BCUT2D eigenvalue weighted by Crippen LogP contribution is -2.44. The van der Waals surface area contributed by atoms with Crippen molar-refractivity contribution in [3.05, 3.63) is 69.8 Å². The summed E-state index contributed by atoms with van der Waals surface area (Å²) in [4.78, 5) is 30.8. The first kappa shape index (κ1) is 28.0. The van der Waals surface area contributed by atoms with Gasteiger partial charge in [0.15, 0.2) is 12.5 Å². The summed E-state index contributed by atoms with van der Waals surface area (Å²) in [5, 5.41) is 49.0. The molecule has 0 fully saturated rings. The number of rotatable bonds is 6. The Bertz CT molecular complexity index is 2140. The monoisotopic (exact) mass is 584 g/mol. The van der Waals surface area contributed by atoms with Gasteiger partial charge in [-0.25, -0.2) is 0 Å². The summed E-state index contributed by atoms with van der Waals surface area (Å²) in [6.07, 6.45) is 0.720. The Kier molecular flexibility index (Phi) is 6.30. The van der Waals surface area contributed by atoms with Crippen molar-refractivity contribution in [3.8, 4) is 12.1 Å². The highest BCUT2D eigenvalue weighted by atomic mass is 16.3. The molecule has 5 aromatic rings. The highest BCUT2D eigenvalue weighted by molar-refractivity contribution is 6.38. The average molecular weight is 585 g/mol. The van der Waals surface area contributed by atoms with Gasteiger partial charge in [0.2, 0.25) is 0 Å². The summed E-state index contributed by atoms with van der Waals surface area (Å²) in [6, 6.07) is 14.7. The van der Waals surface area contributed by atoms with Crippen molar-refractivity contribution < 1.29 is 19.8 Å². The molecule has 8 nitrogen and oxygen atoms in total. The fourth-order valence-electron chi connectivity index (χ4n) is 7.90. The van der Waals surface area contributed by atoms with Crippen molar-refractivity contribution in [2.24, 2.45) is 0 Å². The Morgan fingerprint density at radius 3 is 1.75 bits per heavy atom. The van der Waals surface area contributed by atoms with E-state index in [0.29, 0.717) is 77.3 Å². The van der Waals surface area contributed by atoms with E-state index in [1.807, 2.05) is 45.9 Å². The van der Waals surface area contributed by atoms with Gasteiger partial charge in [0.25, 0.3) is 11.8 Å². The van der Waals surface area contributed by atoms with Crippen LogP contribution in [0.1, 0.15) is 109 Å². The zero-order valence-electron chi connectivity index (χ0n) is 25.1. The number of hydrogen-bond donors (Lipinski definition) is 2. The molecule has 2 amide bonds. The second-order valence-corrected chi connectivity index (χ2v) is 12.3. The van der Waals surface area contributed by atoms with Crippen LogP contribution in [-0.4, -0.2) is 43.9 Å². The summed E-state index contributed by atoms with van der Waals surface area (Å²) in [5.74, 6) is -0.613. The molecule has 2 aliphatic rings. The zero-order chi connectivity index (χ0) is 31.2. The largest absolute Gasteiger partial charge is 0.369 e. The van der Waals surface area contributed by atoms with Gasteiger partial charge in [-0.15, -0.1) is 0 Å². The minimum Gasteiger partial charge on any atom is -0.369 e. The van der Waals surface area contributed by atoms with Crippen molar-refractivity contribution >= 4 is 54.9 Å². The number of fused-ring (bicyclic) bond motifs is 2. The molecule has 4 unspecified atom stereocenters. The number of aliphatic hydroxyl groups excluding tert-OH is 2. The van der Waals surface area contributed by atoms with Crippen LogP contribution < -0.4 is 0 Å². The van der Waals surface area contributed by atoms with Crippen LogP contribution in [0.15, 0.2) is 36.4 Å². The quantitative estimate of drug-likeness (QED) is 0.168. The van der Waals surface area contributed by atoms with Crippen molar-refractivity contribution in [2.45, 2.75) is 77.9 Å². The third-order valence-electron chi connectivity index (χ3n) is 9.78. The number of benzene rings is 5. The summed E-state index contributed by atoms with van der Waals surface area (Å²) < 4.78 is 0. The van der Waals surface area contributed by atoms with Crippen LogP contribution in [0.25, 0.3) is 43.1 Å². The van der Waals surface area contributed by atoms with E-state index in [4.69, 9.17) is 0 Å². The van der Waals surface area contributed by atoms with Gasteiger partial charge in [-0.05, 0) is 61.0 Å². The number of carbonyl (C=O) groups excluding carboxylic acids is 2. The standard InChI is InChI=1S/C36H32N4O4/c1-5-7-17(3)39-33(41)23-11-9-21-27-19(15-37)13-25-31-26(36(44)40(35(25)43)18(4)8-6-2)14-20(16-38)28(32(27)31)22-10-12-24(34(39)42)30(23)29(21)22/h9-14,17-18,33,35,41,43H,5-8H2,1-4H3. The fraction of sp³-hybridized carbons (Fsp3) is 0.333. The van der Waals surface area contributed by atoms with Crippen LogP contribution in [0.2, 0.25) is 0 Å². The van der Waals surface area contributed by atoms with Gasteiger partial charge < -0.3 is 20.0 Å². The lowest BCUT2D eigenvalue weighted by Gasteiger charge is -2.39. The maximum absolute atomic E-state index is 14.0. The Hall–Kier alpha value is -4.76. The first-order chi connectivity index (χ1) is 21.2. The fourth-order valence-corrected chi connectivity index (χ4v) is 7.90. The predicted molar refractivity (Wildman–Crippen MR) is 168 cm³/mol. The Morgan fingerprint density at radius 2 is 1.18 bits per heavy atom. The van der Waals surface area contributed by atoms with E-state index in [-0.39, 0.29) is 29.5 Å². The number of carbonyl (C=O) groups is 2. The van der Waals surface area contributed by atoms with E-state index in [1.165, 1.54) is 9.80 Å². The van der Waals surface area contributed by atoms with Crippen LogP contribution in [0.3, 0.4) is 0 Å². The van der Waals surface area contributed by atoms with Gasteiger partial charge in [0.05, 0.1) is 23.3 Å². The van der Waals surface area contributed by atoms with Crippen molar-refractivity contribution in [2.75, 3.05) is 0 Å². The third kappa shape index (κ3) is 3.44. The molecule has 220 valence electrons. The molecule has 0 aliphatic carbocycles. The van der Waals surface area contributed by atoms with E-state index >= 15 is 0 Å². The molecule has 2 N–H and O–H groups in total. The number of hydrogen-bond acceptors (Lipinski definition) is 6. The molecule has 4 atom stereocenters. The SMILES string of the molecule is CCCC(C)N1C(=O)c2ccc3c4c(C#N)cc5c6c(cc(C#N)c(c7ccc(c2c37)C1O)c64)C(O)N(C(C)CCC)C5=O. The molecular weight excluding hydrogens is 552 g/mol. The Morgan fingerprint density at radius 1 is 0.682 bits per heavy atom. The number of aliphatic hydroxyl groups is 2. The normalized spacial score (nSPS) is 19.3. The molecule has 7 rings (SSSR count). The second kappa shape index (κ2) is 9.89. The number of amides is 2. The van der Waals surface area contributed by atoms with Crippen LogP contribution in [0.5, 0.6) is 0 Å². The topological polar surface area (TPSA) is 129 Å². The molecule has 0 bridgehead atoms. The molecule has 8 heteroatoms. The second-order valence-electron chi connectivity index (χ2n) is 12.3. The molecule has 2 aliphatic heterocycles. The number of nitrogens with zero attached hydrogens (tertiary/aromatic N) is 4. The molecule has 0 spiro atoms. The summed E-state index contributed by atoms with van der Waals surface area (Å²) in [7, 11) is 0. The predicted octanol–water partition coefficient (Wildman–Crippen LogP) is 6.75. The molecule has 44 heavy (non-hydrogen) atoms. The number of nitriles is 2. The van der Waals surface area contributed by atoms with E-state index in [9.17, 15) is 30.3 Å². The van der Waals surface area contributed by atoms with E-state index in [2.05, 4.69) is 12.1 Å². The maximum Gasteiger partial charge on any atom is 0.257 e. The van der Waals surface area contributed by atoms with E-state index < -0.39 is 12.5 Å². The average Bonchev–Trinajstić information content (AvgIpc) is 3.01. The van der Waals surface area contributed by atoms with Gasteiger partial charge in [-0.2, -0.15) is 10.5 Å². The lowest BCUT2D eigenvalue weighted by atomic mass is 9.79. The van der Waals surface area contributed by atoms with Gasteiger partial charge >= 0.3 is 0 Å². The van der Waals surface area contributed by atoms with Crippen LogP contribution in [0.4, 0.5) is 0 Å². The molecule has 0 aromatic heterocycles. The van der Waals surface area contributed by atoms with Gasteiger partial charge in [-0.3, -0.25) is 9.59 Å². The van der Waals surface area contributed by atoms with Gasteiger partial charge in [-0.1, -0.05) is 44.9 Å². The van der Waals surface area contributed by atoms with Crippen molar-refractivity contribution in [3.63, 3.8) is 0 Å². The smallest absolute Gasteiger partial charge is 0.257 e. The van der Waals surface area contributed by atoms with Gasteiger partial charge in [0, 0.05) is 61.3 Å². The molecular formula is C36H32N4O4. The minimum atomic E-state index is -1.25. The maximum atomic E-state index is 14.0. The minimum absolute atomic E-state index is 0.172. The van der Waals surface area contributed by atoms with Gasteiger partial charge in [0.1, 0.15) is 0 Å². The summed E-state index contributed by atoms with van der Waals surface area (Å²) in [6.45, 7) is 7.89. The first-order valence-electron chi connectivity index (χ1n) is 15.3. The lowest BCUT2D eigenvalue weighted by molar-refractivity contribution is -0.0147. The highest BCUT2D eigenvalue weighted by Crippen LogP contribution is 2.51. The van der Waals surface area contributed by atoms with Crippen LogP contribution >= 0.6 is 0 Å². The summed E-state index contributed by atoms with van der Waals surface area (Å²) >= 11 is 0. The molecule has 5 aromatic carbocycles.